The minimum atomic E-state index is -0.488. The maximum Gasteiger partial charge on any atom is 0.226 e. The molecule has 2 rings (SSSR count). The van der Waals surface area contributed by atoms with Gasteiger partial charge in [-0.1, -0.05) is 25.4 Å². The minimum absolute atomic E-state index is 0.0161. The molecule has 2 aromatic rings. The molecule has 0 atom stereocenters. The zero-order valence-electron chi connectivity index (χ0n) is 10.1. The highest BCUT2D eigenvalue weighted by atomic mass is 35.5. The van der Waals surface area contributed by atoms with Gasteiger partial charge in [-0.2, -0.15) is 0 Å². The van der Waals surface area contributed by atoms with Gasteiger partial charge in [-0.05, 0) is 18.2 Å². The zero-order chi connectivity index (χ0) is 13.3. The third kappa shape index (κ3) is 2.40. The van der Waals surface area contributed by atoms with Gasteiger partial charge in [-0.25, -0.2) is 9.37 Å². The molecule has 0 unspecified atom stereocenters. The molecule has 0 radical (unpaired) electrons. The Hall–Kier alpha value is -1.39. The normalized spacial score (nSPS) is 11.2. The van der Waals surface area contributed by atoms with Crippen molar-refractivity contribution in [2.24, 2.45) is 0 Å². The first kappa shape index (κ1) is 13.1. The van der Waals surface area contributed by atoms with E-state index in [2.05, 4.69) is 4.98 Å². The summed E-state index contributed by atoms with van der Waals surface area (Å²) < 4.78 is 18.7. The van der Waals surface area contributed by atoms with Gasteiger partial charge in [0.15, 0.2) is 0 Å². The van der Waals surface area contributed by atoms with Crippen LogP contribution >= 0.6 is 11.6 Å². The van der Waals surface area contributed by atoms with Crippen molar-refractivity contribution in [1.82, 2.24) is 4.98 Å². The minimum Gasteiger partial charge on any atom is -0.441 e. The third-order valence-electron chi connectivity index (χ3n) is 2.57. The molecule has 3 nitrogen and oxygen atoms in total. The Morgan fingerprint density at radius 2 is 2.17 bits per heavy atom. The summed E-state index contributed by atoms with van der Waals surface area (Å²) in [4.78, 5) is 4.19. The second-order valence-electron chi connectivity index (χ2n) is 4.27. The fourth-order valence-electron chi connectivity index (χ4n) is 1.68. The lowest BCUT2D eigenvalue weighted by atomic mass is 10.1. The molecule has 0 aliphatic rings. The fourth-order valence-corrected chi connectivity index (χ4v) is 1.86. The molecule has 5 heteroatoms. The molecule has 0 amide bonds. The Labute approximate surface area is 109 Å². The number of hydrogen-bond donors (Lipinski definition) is 1. The molecular weight excluding hydrogens is 257 g/mol. The molecule has 0 fully saturated rings. The van der Waals surface area contributed by atoms with Crippen LogP contribution in [0.2, 0.25) is 5.02 Å². The van der Waals surface area contributed by atoms with E-state index in [1.54, 1.807) is 0 Å². The van der Waals surface area contributed by atoms with Crippen LogP contribution in [-0.4, -0.2) is 10.1 Å². The summed E-state index contributed by atoms with van der Waals surface area (Å²) in [5, 5.41) is 9.23. The monoisotopic (exact) mass is 269 g/mol. The molecule has 0 saturated heterocycles. The van der Waals surface area contributed by atoms with Crippen molar-refractivity contribution in [2.45, 2.75) is 26.4 Å². The van der Waals surface area contributed by atoms with E-state index in [-0.39, 0.29) is 17.5 Å². The molecule has 1 aromatic carbocycles. The highest BCUT2D eigenvalue weighted by Gasteiger charge is 2.17. The number of aromatic nitrogens is 1. The van der Waals surface area contributed by atoms with E-state index in [1.807, 2.05) is 13.8 Å². The molecule has 0 aliphatic carbocycles. The second-order valence-corrected chi connectivity index (χ2v) is 4.68. The van der Waals surface area contributed by atoms with Crippen LogP contribution in [0, 0.1) is 5.82 Å². The second kappa shape index (κ2) is 5.08. The van der Waals surface area contributed by atoms with Gasteiger partial charge >= 0.3 is 0 Å². The van der Waals surface area contributed by atoms with Gasteiger partial charge in [0.25, 0.3) is 0 Å². The smallest absolute Gasteiger partial charge is 0.226 e. The number of halogens is 2. The van der Waals surface area contributed by atoms with Gasteiger partial charge in [-0.3, -0.25) is 0 Å². The Morgan fingerprint density at radius 1 is 1.44 bits per heavy atom. The summed E-state index contributed by atoms with van der Waals surface area (Å²) >= 11 is 5.71. The van der Waals surface area contributed by atoms with Crippen molar-refractivity contribution < 1.29 is 13.9 Å². The van der Waals surface area contributed by atoms with Crippen LogP contribution in [0.3, 0.4) is 0 Å². The Bertz CT molecular complexity index is 566. The molecule has 0 aliphatic heterocycles. The van der Waals surface area contributed by atoms with E-state index in [0.717, 1.165) is 0 Å². The summed E-state index contributed by atoms with van der Waals surface area (Å²) in [5.74, 6) is 0.598. The Kier molecular flexibility index (Phi) is 3.68. The van der Waals surface area contributed by atoms with E-state index in [1.165, 1.54) is 18.2 Å². The SMILES string of the molecule is CC(C)c1oc(-c2ccc(F)c(Cl)c2)nc1CO. The van der Waals surface area contributed by atoms with Gasteiger partial charge in [0.1, 0.15) is 17.3 Å². The molecule has 0 spiro atoms. The summed E-state index contributed by atoms with van der Waals surface area (Å²) in [6, 6.07) is 4.25. The first-order valence-electron chi connectivity index (χ1n) is 5.58. The first-order chi connectivity index (χ1) is 8.52. The fraction of sp³-hybridized carbons (Fsp3) is 0.308. The van der Waals surface area contributed by atoms with E-state index in [4.69, 9.17) is 16.0 Å². The molecule has 0 saturated carbocycles. The van der Waals surface area contributed by atoms with E-state index < -0.39 is 5.82 Å². The lowest BCUT2D eigenvalue weighted by Crippen LogP contribution is -1.92. The molecule has 1 heterocycles. The molecule has 1 aromatic heterocycles. The van der Waals surface area contributed by atoms with Crippen LogP contribution < -0.4 is 0 Å². The quantitative estimate of drug-likeness (QED) is 0.923. The number of oxazole rings is 1. The average molecular weight is 270 g/mol. The number of nitrogens with zero attached hydrogens (tertiary/aromatic N) is 1. The largest absolute Gasteiger partial charge is 0.441 e. The zero-order valence-corrected chi connectivity index (χ0v) is 10.8. The highest BCUT2D eigenvalue weighted by molar-refractivity contribution is 6.31. The van der Waals surface area contributed by atoms with Crippen molar-refractivity contribution in [3.05, 3.63) is 40.5 Å². The maximum atomic E-state index is 13.1. The average Bonchev–Trinajstić information content (AvgIpc) is 2.77. The van der Waals surface area contributed by atoms with E-state index >= 15 is 0 Å². The number of hydrogen-bond acceptors (Lipinski definition) is 3. The van der Waals surface area contributed by atoms with Crippen molar-refractivity contribution in [2.75, 3.05) is 0 Å². The topological polar surface area (TPSA) is 46.3 Å². The predicted octanol–water partition coefficient (Wildman–Crippen LogP) is 3.75. The number of aliphatic hydroxyl groups excluding tert-OH is 1. The van der Waals surface area contributed by atoms with E-state index in [9.17, 15) is 9.50 Å². The van der Waals surface area contributed by atoms with Gasteiger partial charge in [-0.15, -0.1) is 0 Å². The van der Waals surface area contributed by atoms with Gasteiger partial charge < -0.3 is 9.52 Å². The lowest BCUT2D eigenvalue weighted by molar-refractivity contribution is 0.273. The van der Waals surface area contributed by atoms with Crippen LogP contribution in [0.5, 0.6) is 0 Å². The van der Waals surface area contributed by atoms with Gasteiger partial charge in [0.05, 0.1) is 11.6 Å². The van der Waals surface area contributed by atoms with Crippen LogP contribution in [0.1, 0.15) is 31.2 Å². The van der Waals surface area contributed by atoms with Gasteiger partial charge in [0.2, 0.25) is 5.89 Å². The Morgan fingerprint density at radius 3 is 2.67 bits per heavy atom. The highest BCUT2D eigenvalue weighted by Crippen LogP contribution is 2.29. The molecule has 0 bridgehead atoms. The molecule has 1 N–H and O–H groups in total. The summed E-state index contributed by atoms with van der Waals surface area (Å²) in [6.45, 7) is 3.70. The summed E-state index contributed by atoms with van der Waals surface area (Å²) in [7, 11) is 0. The number of rotatable bonds is 3. The van der Waals surface area contributed by atoms with Crippen LogP contribution in [-0.2, 0) is 6.61 Å². The lowest BCUT2D eigenvalue weighted by Gasteiger charge is -2.00. The number of aliphatic hydroxyl groups is 1. The van der Waals surface area contributed by atoms with Gasteiger partial charge in [0, 0.05) is 11.5 Å². The standard InChI is InChI=1S/C13H13ClFNO2/c1-7(2)12-11(6-17)16-13(18-12)8-3-4-10(15)9(14)5-8/h3-5,7,17H,6H2,1-2H3. The number of benzene rings is 1. The Balaban J connectivity index is 2.47. The summed E-state index contributed by atoms with van der Waals surface area (Å²) in [5.41, 5.74) is 1.09. The van der Waals surface area contributed by atoms with Crippen LogP contribution in [0.15, 0.2) is 22.6 Å². The molecule has 96 valence electrons. The third-order valence-corrected chi connectivity index (χ3v) is 2.86. The van der Waals surface area contributed by atoms with Crippen molar-refractivity contribution in [3.8, 4) is 11.5 Å². The van der Waals surface area contributed by atoms with Crippen LogP contribution in [0.4, 0.5) is 4.39 Å². The maximum absolute atomic E-state index is 13.1. The predicted molar refractivity (Wildman–Crippen MR) is 66.9 cm³/mol. The molecular formula is C13H13ClFNO2. The van der Waals surface area contributed by atoms with Crippen molar-refractivity contribution in [3.63, 3.8) is 0 Å². The van der Waals surface area contributed by atoms with E-state index in [0.29, 0.717) is 22.9 Å². The van der Waals surface area contributed by atoms with Crippen molar-refractivity contribution in [1.29, 1.82) is 0 Å². The van der Waals surface area contributed by atoms with Crippen molar-refractivity contribution >= 4 is 11.6 Å². The first-order valence-corrected chi connectivity index (χ1v) is 5.96. The summed E-state index contributed by atoms with van der Waals surface area (Å²) in [6.07, 6.45) is 0. The molecule has 18 heavy (non-hydrogen) atoms. The van der Waals surface area contributed by atoms with Crippen LogP contribution in [0.25, 0.3) is 11.5 Å².